The molecule has 1 aromatic heterocycles. The lowest BCUT2D eigenvalue weighted by atomic mass is 9.98. The van der Waals surface area contributed by atoms with Crippen LogP contribution in [0.15, 0.2) is 34.7 Å². The topological polar surface area (TPSA) is 54.7 Å². The number of rotatable bonds is 5. The minimum atomic E-state index is -0.424. The van der Waals surface area contributed by atoms with Crippen LogP contribution in [0.4, 0.5) is 4.39 Å². The highest BCUT2D eigenvalue weighted by molar-refractivity contribution is 6.32. The molecule has 2 saturated heterocycles. The van der Waals surface area contributed by atoms with Crippen LogP contribution >= 0.6 is 11.6 Å². The maximum Gasteiger partial charge on any atom is 0.287 e. The van der Waals surface area contributed by atoms with Crippen LogP contribution in [0.1, 0.15) is 42.0 Å². The van der Waals surface area contributed by atoms with Crippen LogP contribution in [-0.4, -0.2) is 36.0 Å². The van der Waals surface area contributed by atoms with Crippen LogP contribution < -0.4 is 10.1 Å². The first kappa shape index (κ1) is 18.3. The second-order valence-corrected chi connectivity index (χ2v) is 7.73. The highest BCUT2D eigenvalue weighted by Crippen LogP contribution is 2.34. The van der Waals surface area contributed by atoms with Gasteiger partial charge in [0.15, 0.2) is 5.76 Å². The van der Waals surface area contributed by atoms with Crippen LogP contribution in [-0.2, 0) is 6.61 Å². The minimum Gasteiger partial charge on any atom is -0.484 e. The first-order valence-corrected chi connectivity index (χ1v) is 9.57. The van der Waals surface area contributed by atoms with Crippen molar-refractivity contribution in [2.45, 2.75) is 50.4 Å². The fourth-order valence-corrected chi connectivity index (χ4v) is 4.33. The molecule has 0 spiro atoms. The van der Waals surface area contributed by atoms with E-state index in [1.165, 1.54) is 31.0 Å². The summed E-state index contributed by atoms with van der Waals surface area (Å²) in [6.45, 7) is 0.108. The zero-order valence-electron chi connectivity index (χ0n) is 15.1. The number of furan rings is 1. The maximum atomic E-state index is 13.1. The normalized spacial score (nSPS) is 24.8. The molecule has 4 rings (SSSR count). The van der Waals surface area contributed by atoms with Gasteiger partial charge in [-0.3, -0.25) is 4.79 Å². The van der Waals surface area contributed by atoms with Crippen LogP contribution in [0.2, 0.25) is 5.02 Å². The number of hydrogen-bond acceptors (Lipinski definition) is 4. The van der Waals surface area contributed by atoms with Gasteiger partial charge in [-0.25, -0.2) is 4.39 Å². The third-order valence-corrected chi connectivity index (χ3v) is 5.88. The second-order valence-electron chi connectivity index (χ2n) is 7.32. The Morgan fingerprint density at radius 3 is 2.74 bits per heavy atom. The molecule has 2 aliphatic heterocycles. The van der Waals surface area contributed by atoms with Crippen molar-refractivity contribution in [1.82, 2.24) is 10.2 Å². The highest BCUT2D eigenvalue weighted by atomic mass is 35.5. The number of halogens is 2. The second kappa shape index (κ2) is 7.52. The Morgan fingerprint density at radius 1 is 1.30 bits per heavy atom. The molecule has 1 N–H and O–H groups in total. The largest absolute Gasteiger partial charge is 0.484 e. The first-order chi connectivity index (χ1) is 13.0. The van der Waals surface area contributed by atoms with Gasteiger partial charge in [-0.2, -0.15) is 0 Å². The summed E-state index contributed by atoms with van der Waals surface area (Å²) < 4.78 is 24.2. The predicted molar refractivity (Wildman–Crippen MR) is 99.5 cm³/mol. The van der Waals surface area contributed by atoms with Crippen molar-refractivity contribution in [1.29, 1.82) is 0 Å². The average Bonchev–Trinajstić information content (AvgIpc) is 3.16. The fraction of sp³-hybridized carbons (Fsp3) is 0.450. The molecular formula is C20H22ClFN2O3. The Bertz CT molecular complexity index is 826. The van der Waals surface area contributed by atoms with E-state index in [4.69, 9.17) is 20.8 Å². The van der Waals surface area contributed by atoms with E-state index < -0.39 is 5.82 Å². The quantitative estimate of drug-likeness (QED) is 0.835. The van der Waals surface area contributed by atoms with E-state index >= 15 is 0 Å². The Labute approximate surface area is 162 Å². The predicted octanol–water partition coefficient (Wildman–Crippen LogP) is 4.01. The van der Waals surface area contributed by atoms with Crippen molar-refractivity contribution in [3.63, 3.8) is 0 Å². The van der Waals surface area contributed by atoms with Gasteiger partial charge in [-0.15, -0.1) is 0 Å². The van der Waals surface area contributed by atoms with Crippen molar-refractivity contribution in [3.05, 3.63) is 52.7 Å². The van der Waals surface area contributed by atoms with Gasteiger partial charge in [0.05, 0.1) is 5.02 Å². The summed E-state index contributed by atoms with van der Waals surface area (Å²) in [5.74, 6) is 0.512. The summed E-state index contributed by atoms with van der Waals surface area (Å²) in [6.07, 6.45) is 4.39. The number of fused-ring (bicyclic) bond motifs is 2. The van der Waals surface area contributed by atoms with E-state index in [2.05, 4.69) is 17.3 Å². The molecule has 0 radical (unpaired) electrons. The van der Waals surface area contributed by atoms with Gasteiger partial charge >= 0.3 is 0 Å². The third-order valence-electron chi connectivity index (χ3n) is 5.58. The van der Waals surface area contributed by atoms with Gasteiger partial charge in [0, 0.05) is 18.1 Å². The molecule has 2 unspecified atom stereocenters. The van der Waals surface area contributed by atoms with Crippen molar-refractivity contribution in [2.24, 2.45) is 0 Å². The molecule has 2 aromatic rings. The summed E-state index contributed by atoms with van der Waals surface area (Å²) in [7, 11) is 2.17. The molecule has 1 aromatic carbocycles. The number of nitrogens with one attached hydrogen (secondary N) is 1. The number of hydrogen-bond donors (Lipinski definition) is 1. The molecule has 27 heavy (non-hydrogen) atoms. The van der Waals surface area contributed by atoms with Crippen molar-refractivity contribution in [2.75, 3.05) is 7.05 Å². The van der Waals surface area contributed by atoms with E-state index in [1.807, 2.05) is 0 Å². The summed E-state index contributed by atoms with van der Waals surface area (Å²) in [6, 6.07) is 8.58. The van der Waals surface area contributed by atoms with Crippen molar-refractivity contribution < 1.29 is 18.3 Å². The fourth-order valence-electron chi connectivity index (χ4n) is 4.10. The lowest BCUT2D eigenvalue weighted by molar-refractivity contribution is 0.0851. The van der Waals surface area contributed by atoms with Crippen molar-refractivity contribution >= 4 is 17.5 Å². The molecule has 144 valence electrons. The Morgan fingerprint density at radius 2 is 2.04 bits per heavy atom. The van der Waals surface area contributed by atoms with Crippen molar-refractivity contribution in [3.8, 4) is 5.75 Å². The molecule has 0 saturated carbocycles. The van der Waals surface area contributed by atoms with E-state index in [0.29, 0.717) is 23.6 Å². The molecule has 1 amide bonds. The standard InChI is InChI=1S/C20H22ClFN2O3/c1-24-14-3-4-15(24)10-13(9-14)23-20(25)19-7-5-16(27-19)11-26-18-6-2-12(22)8-17(18)21/h2,5-8,13-15H,3-4,9-11H2,1H3,(H,23,25). The molecular weight excluding hydrogens is 371 g/mol. The van der Waals surface area contributed by atoms with Gasteiger partial charge < -0.3 is 19.4 Å². The van der Waals surface area contributed by atoms with Crippen LogP contribution in [0.5, 0.6) is 5.75 Å². The zero-order chi connectivity index (χ0) is 19.0. The van der Waals surface area contributed by atoms with Gasteiger partial charge in [0.2, 0.25) is 0 Å². The number of carbonyl (C=O) groups is 1. The number of piperidine rings is 1. The van der Waals surface area contributed by atoms with E-state index in [1.54, 1.807) is 12.1 Å². The summed E-state index contributed by atoms with van der Waals surface area (Å²) in [4.78, 5) is 14.9. The Hall–Kier alpha value is -2.05. The van der Waals surface area contributed by atoms with E-state index in [-0.39, 0.29) is 29.3 Å². The van der Waals surface area contributed by atoms with Crippen LogP contribution in [0, 0.1) is 5.82 Å². The van der Waals surface area contributed by atoms with Crippen LogP contribution in [0.25, 0.3) is 0 Å². The number of benzene rings is 1. The highest BCUT2D eigenvalue weighted by Gasteiger charge is 2.39. The molecule has 5 nitrogen and oxygen atoms in total. The number of amides is 1. The van der Waals surface area contributed by atoms with E-state index in [9.17, 15) is 9.18 Å². The first-order valence-electron chi connectivity index (χ1n) is 9.19. The molecule has 0 aliphatic carbocycles. The minimum absolute atomic E-state index is 0.108. The van der Waals surface area contributed by atoms with E-state index in [0.717, 1.165) is 12.8 Å². The molecule has 3 heterocycles. The SMILES string of the molecule is CN1C2CCC1CC(NC(=O)c1ccc(COc3ccc(F)cc3Cl)o1)C2. The lowest BCUT2D eigenvalue weighted by Gasteiger charge is -2.36. The molecule has 2 fully saturated rings. The molecule has 2 aliphatic rings. The number of nitrogens with zero attached hydrogens (tertiary/aromatic N) is 1. The van der Waals surface area contributed by atoms with Gasteiger partial charge in [0.1, 0.15) is 23.9 Å². The van der Waals surface area contributed by atoms with Gasteiger partial charge in [-0.05, 0) is 63.1 Å². The smallest absolute Gasteiger partial charge is 0.287 e. The Kier molecular flexibility index (Phi) is 5.10. The summed E-state index contributed by atoms with van der Waals surface area (Å²) in [5, 5.41) is 3.29. The number of ether oxygens (including phenoxy) is 1. The summed E-state index contributed by atoms with van der Waals surface area (Å²) >= 11 is 5.94. The molecule has 2 atom stereocenters. The average molecular weight is 393 g/mol. The Balaban J connectivity index is 1.33. The number of carbonyl (C=O) groups excluding carboxylic acids is 1. The monoisotopic (exact) mass is 392 g/mol. The molecule has 2 bridgehead atoms. The van der Waals surface area contributed by atoms with Gasteiger partial charge in [-0.1, -0.05) is 11.6 Å². The maximum absolute atomic E-state index is 13.1. The lowest BCUT2D eigenvalue weighted by Crippen LogP contribution is -2.48. The molecule has 7 heteroatoms. The summed E-state index contributed by atoms with van der Waals surface area (Å²) in [5.41, 5.74) is 0. The van der Waals surface area contributed by atoms with Crippen LogP contribution in [0.3, 0.4) is 0 Å². The zero-order valence-corrected chi connectivity index (χ0v) is 15.8. The third kappa shape index (κ3) is 3.96. The van der Waals surface area contributed by atoms with Gasteiger partial charge in [0.25, 0.3) is 5.91 Å².